The summed E-state index contributed by atoms with van der Waals surface area (Å²) in [6.07, 6.45) is 2.15. The van der Waals surface area contributed by atoms with Gasteiger partial charge < -0.3 is 10.5 Å². The summed E-state index contributed by atoms with van der Waals surface area (Å²) < 4.78 is 5.52. The van der Waals surface area contributed by atoms with E-state index in [9.17, 15) is 0 Å². The van der Waals surface area contributed by atoms with Crippen LogP contribution in [0.15, 0.2) is 6.07 Å². The third-order valence-corrected chi connectivity index (χ3v) is 3.48. The number of aryl methyl sites for hydroxylation is 2. The Hall–Kier alpha value is -1.02. The summed E-state index contributed by atoms with van der Waals surface area (Å²) in [5, 5.41) is 0. The first kappa shape index (κ1) is 10.5. The van der Waals surface area contributed by atoms with Crippen LogP contribution >= 0.6 is 0 Å². The first-order valence-electron chi connectivity index (χ1n) is 5.44. The monoisotopic (exact) mass is 205 g/mol. The molecule has 82 valence electrons. The molecule has 0 heterocycles. The van der Waals surface area contributed by atoms with Crippen molar-refractivity contribution < 1.29 is 4.74 Å². The second kappa shape index (κ2) is 3.24. The molecule has 15 heavy (non-hydrogen) atoms. The van der Waals surface area contributed by atoms with E-state index in [2.05, 4.69) is 26.8 Å². The Bertz CT molecular complexity index is 405. The summed E-state index contributed by atoms with van der Waals surface area (Å²) >= 11 is 0. The SMILES string of the molecule is COc1c(C)c(C)cc(C)c1C1(N)CC1. The predicted molar refractivity (Wildman–Crippen MR) is 62.3 cm³/mol. The van der Waals surface area contributed by atoms with Gasteiger partial charge in [0.15, 0.2) is 0 Å². The van der Waals surface area contributed by atoms with Gasteiger partial charge in [-0.05, 0) is 50.3 Å². The highest BCUT2D eigenvalue weighted by atomic mass is 16.5. The molecule has 1 aromatic carbocycles. The first-order chi connectivity index (χ1) is 6.99. The van der Waals surface area contributed by atoms with Crippen molar-refractivity contribution >= 4 is 0 Å². The fraction of sp³-hybridized carbons (Fsp3) is 0.538. The maximum Gasteiger partial charge on any atom is 0.127 e. The zero-order valence-corrected chi connectivity index (χ0v) is 9.98. The molecule has 0 unspecified atom stereocenters. The maximum absolute atomic E-state index is 6.28. The van der Waals surface area contributed by atoms with Crippen molar-refractivity contribution in [2.45, 2.75) is 39.2 Å². The minimum Gasteiger partial charge on any atom is -0.496 e. The molecule has 1 aromatic rings. The lowest BCUT2D eigenvalue weighted by Gasteiger charge is -2.20. The molecular formula is C13H19NO. The van der Waals surface area contributed by atoms with Crippen LogP contribution in [0.1, 0.15) is 35.1 Å². The Morgan fingerprint density at radius 2 is 1.80 bits per heavy atom. The standard InChI is InChI=1S/C13H19NO/c1-8-7-9(2)11(13(14)5-6-13)12(15-4)10(8)3/h7H,5-6,14H2,1-4H3. The van der Waals surface area contributed by atoms with Gasteiger partial charge in [0.05, 0.1) is 7.11 Å². The molecule has 0 aliphatic heterocycles. The molecule has 0 atom stereocenters. The van der Waals surface area contributed by atoms with Crippen LogP contribution in [-0.2, 0) is 5.54 Å². The molecule has 2 N–H and O–H groups in total. The van der Waals surface area contributed by atoms with E-state index in [0.29, 0.717) is 0 Å². The molecule has 0 bridgehead atoms. The molecule has 0 spiro atoms. The van der Waals surface area contributed by atoms with Crippen LogP contribution < -0.4 is 10.5 Å². The molecule has 1 fully saturated rings. The third kappa shape index (κ3) is 1.53. The van der Waals surface area contributed by atoms with Gasteiger partial charge in [0.1, 0.15) is 5.75 Å². The van der Waals surface area contributed by atoms with Crippen LogP contribution in [0.3, 0.4) is 0 Å². The van der Waals surface area contributed by atoms with E-state index in [4.69, 9.17) is 10.5 Å². The Morgan fingerprint density at radius 1 is 1.20 bits per heavy atom. The number of hydrogen-bond acceptors (Lipinski definition) is 2. The number of ether oxygens (including phenoxy) is 1. The highest BCUT2D eigenvalue weighted by Crippen LogP contribution is 2.49. The lowest BCUT2D eigenvalue weighted by molar-refractivity contribution is 0.400. The maximum atomic E-state index is 6.28. The number of rotatable bonds is 2. The zero-order valence-electron chi connectivity index (χ0n) is 9.98. The van der Waals surface area contributed by atoms with Crippen molar-refractivity contribution in [1.29, 1.82) is 0 Å². The summed E-state index contributed by atoms with van der Waals surface area (Å²) in [5.74, 6) is 0.993. The summed E-state index contributed by atoms with van der Waals surface area (Å²) in [4.78, 5) is 0. The topological polar surface area (TPSA) is 35.2 Å². The average Bonchev–Trinajstić information content (AvgIpc) is 2.90. The fourth-order valence-electron chi connectivity index (χ4n) is 2.31. The number of methoxy groups -OCH3 is 1. The first-order valence-corrected chi connectivity index (χ1v) is 5.44. The third-order valence-electron chi connectivity index (χ3n) is 3.48. The highest BCUT2D eigenvalue weighted by Gasteiger charge is 2.43. The van der Waals surface area contributed by atoms with Crippen molar-refractivity contribution in [2.75, 3.05) is 7.11 Å². The van der Waals surface area contributed by atoms with Crippen LogP contribution in [0.5, 0.6) is 5.75 Å². The minimum absolute atomic E-state index is 0.117. The Morgan fingerprint density at radius 3 is 2.27 bits per heavy atom. The molecular weight excluding hydrogens is 186 g/mol. The summed E-state index contributed by atoms with van der Waals surface area (Å²) in [6.45, 7) is 6.34. The van der Waals surface area contributed by atoms with Gasteiger partial charge in [-0.2, -0.15) is 0 Å². The van der Waals surface area contributed by atoms with E-state index >= 15 is 0 Å². The van der Waals surface area contributed by atoms with Gasteiger partial charge in [-0.25, -0.2) is 0 Å². The van der Waals surface area contributed by atoms with Gasteiger partial charge in [0.2, 0.25) is 0 Å². The number of hydrogen-bond donors (Lipinski definition) is 1. The molecule has 0 amide bonds. The van der Waals surface area contributed by atoms with Crippen molar-refractivity contribution in [3.63, 3.8) is 0 Å². The Labute approximate surface area is 91.4 Å². The van der Waals surface area contributed by atoms with Crippen molar-refractivity contribution in [3.05, 3.63) is 28.3 Å². The predicted octanol–water partition coefficient (Wildman–Crippen LogP) is 2.57. The second-order valence-electron chi connectivity index (χ2n) is 4.70. The van der Waals surface area contributed by atoms with E-state index in [0.717, 1.165) is 18.6 Å². The molecule has 1 aliphatic carbocycles. The molecule has 0 radical (unpaired) electrons. The molecule has 1 aliphatic rings. The molecule has 1 saturated carbocycles. The Kier molecular flexibility index (Phi) is 2.27. The summed E-state index contributed by atoms with van der Waals surface area (Å²) in [7, 11) is 1.73. The van der Waals surface area contributed by atoms with Gasteiger partial charge in [-0.15, -0.1) is 0 Å². The second-order valence-corrected chi connectivity index (χ2v) is 4.70. The van der Waals surface area contributed by atoms with Gasteiger partial charge in [-0.3, -0.25) is 0 Å². The highest BCUT2D eigenvalue weighted by molar-refractivity contribution is 5.54. The summed E-state index contributed by atoms with van der Waals surface area (Å²) in [5.41, 5.74) is 11.1. The van der Waals surface area contributed by atoms with E-state index in [-0.39, 0.29) is 5.54 Å². The van der Waals surface area contributed by atoms with Crippen molar-refractivity contribution in [2.24, 2.45) is 5.73 Å². The van der Waals surface area contributed by atoms with Crippen LogP contribution in [0.25, 0.3) is 0 Å². The smallest absolute Gasteiger partial charge is 0.127 e. The quantitative estimate of drug-likeness (QED) is 0.805. The summed E-state index contributed by atoms with van der Waals surface area (Å²) in [6, 6.07) is 2.21. The molecule has 2 rings (SSSR count). The molecule has 0 aromatic heterocycles. The van der Waals surface area contributed by atoms with Gasteiger partial charge in [0, 0.05) is 11.1 Å². The zero-order chi connectivity index (χ0) is 11.2. The number of benzene rings is 1. The lowest BCUT2D eigenvalue weighted by atomic mass is 9.93. The minimum atomic E-state index is -0.117. The van der Waals surface area contributed by atoms with Gasteiger partial charge in [-0.1, -0.05) is 6.07 Å². The van der Waals surface area contributed by atoms with Crippen molar-refractivity contribution in [1.82, 2.24) is 0 Å². The lowest BCUT2D eigenvalue weighted by Crippen LogP contribution is -2.21. The van der Waals surface area contributed by atoms with Crippen LogP contribution in [0.2, 0.25) is 0 Å². The fourth-order valence-corrected chi connectivity index (χ4v) is 2.31. The van der Waals surface area contributed by atoms with Gasteiger partial charge in [0.25, 0.3) is 0 Å². The molecule has 2 nitrogen and oxygen atoms in total. The van der Waals surface area contributed by atoms with E-state index < -0.39 is 0 Å². The Balaban J connectivity index is 2.66. The largest absolute Gasteiger partial charge is 0.496 e. The van der Waals surface area contributed by atoms with Gasteiger partial charge >= 0.3 is 0 Å². The van der Waals surface area contributed by atoms with E-state index in [1.54, 1.807) is 7.11 Å². The normalized spacial score (nSPS) is 17.7. The van der Waals surface area contributed by atoms with E-state index in [1.165, 1.54) is 22.3 Å². The number of nitrogens with two attached hydrogens (primary N) is 1. The van der Waals surface area contributed by atoms with Crippen molar-refractivity contribution in [3.8, 4) is 5.75 Å². The average molecular weight is 205 g/mol. The van der Waals surface area contributed by atoms with Crippen LogP contribution in [-0.4, -0.2) is 7.11 Å². The van der Waals surface area contributed by atoms with E-state index in [1.807, 2.05) is 0 Å². The molecule has 2 heteroatoms. The van der Waals surface area contributed by atoms with Crippen LogP contribution in [0.4, 0.5) is 0 Å². The molecule has 0 saturated heterocycles. The van der Waals surface area contributed by atoms with Crippen LogP contribution in [0, 0.1) is 20.8 Å².